The number of benzene rings is 1. The molecule has 17 heavy (non-hydrogen) atoms. The Morgan fingerprint density at radius 1 is 1.12 bits per heavy atom. The topological polar surface area (TPSA) is 48.1 Å². The highest BCUT2D eigenvalue weighted by Gasteiger charge is 1.98. The van der Waals surface area contributed by atoms with Gasteiger partial charge in [0.15, 0.2) is 0 Å². The van der Waals surface area contributed by atoms with Crippen LogP contribution in [0, 0.1) is 0 Å². The highest BCUT2D eigenvalue weighted by atomic mass is 35.5. The van der Waals surface area contributed by atoms with Crippen LogP contribution in [0.3, 0.4) is 0 Å². The first kappa shape index (κ1) is 11.9. The molecule has 0 saturated carbocycles. The van der Waals surface area contributed by atoms with Crippen LogP contribution < -0.4 is 10.5 Å². The fraction of sp³-hybridized carbons (Fsp3) is 0.154. The van der Waals surface area contributed by atoms with E-state index in [1.54, 1.807) is 12.3 Å². The minimum absolute atomic E-state index is 0.476. The Labute approximate surface area is 105 Å². The van der Waals surface area contributed by atoms with Gasteiger partial charge in [-0.3, -0.25) is 0 Å². The van der Waals surface area contributed by atoms with Gasteiger partial charge in [-0.1, -0.05) is 23.7 Å². The molecule has 0 fully saturated rings. The van der Waals surface area contributed by atoms with Crippen molar-refractivity contribution in [2.24, 2.45) is 5.73 Å². The summed E-state index contributed by atoms with van der Waals surface area (Å²) in [6, 6.07) is 11.4. The van der Waals surface area contributed by atoms with Gasteiger partial charge in [0.25, 0.3) is 0 Å². The molecule has 0 atom stereocenters. The number of rotatable bonds is 4. The maximum atomic E-state index is 5.79. The summed E-state index contributed by atoms with van der Waals surface area (Å²) < 4.78 is 5.62. The normalized spacial score (nSPS) is 10.2. The number of pyridine rings is 1. The maximum Gasteiger partial charge on any atom is 0.129 e. The third-order valence-corrected chi connectivity index (χ3v) is 2.56. The van der Waals surface area contributed by atoms with Crippen LogP contribution >= 0.6 is 11.6 Å². The molecule has 0 aliphatic carbocycles. The van der Waals surface area contributed by atoms with E-state index in [1.165, 1.54) is 0 Å². The second-order valence-corrected chi connectivity index (χ2v) is 4.01. The molecule has 0 saturated heterocycles. The summed E-state index contributed by atoms with van der Waals surface area (Å²) in [5.41, 5.74) is 7.60. The van der Waals surface area contributed by atoms with Gasteiger partial charge in [-0.2, -0.15) is 0 Å². The average Bonchev–Trinajstić information content (AvgIpc) is 2.37. The highest BCUT2D eigenvalue weighted by Crippen LogP contribution is 2.15. The Hall–Kier alpha value is -1.58. The molecule has 88 valence electrons. The fourth-order valence-electron chi connectivity index (χ4n) is 1.42. The lowest BCUT2D eigenvalue weighted by Gasteiger charge is -2.06. The molecule has 1 heterocycles. The minimum atomic E-state index is 0.476. The SMILES string of the molecule is NCc1ccc(OCc2ccnc(Cl)c2)cc1. The number of aromatic nitrogens is 1. The van der Waals surface area contributed by atoms with Crippen molar-refractivity contribution in [2.75, 3.05) is 0 Å². The van der Waals surface area contributed by atoms with Gasteiger partial charge in [0.2, 0.25) is 0 Å². The smallest absolute Gasteiger partial charge is 0.129 e. The molecule has 2 rings (SSSR count). The van der Waals surface area contributed by atoms with E-state index in [4.69, 9.17) is 22.1 Å². The van der Waals surface area contributed by atoms with E-state index >= 15 is 0 Å². The molecule has 0 bridgehead atoms. The predicted octanol–water partition coefficient (Wildman–Crippen LogP) is 2.77. The molecule has 0 aliphatic rings. The van der Waals surface area contributed by atoms with E-state index in [0.29, 0.717) is 18.3 Å². The Morgan fingerprint density at radius 2 is 1.88 bits per heavy atom. The quantitative estimate of drug-likeness (QED) is 0.847. The zero-order valence-corrected chi connectivity index (χ0v) is 10.0. The van der Waals surface area contributed by atoms with Crippen LogP contribution in [0.1, 0.15) is 11.1 Å². The van der Waals surface area contributed by atoms with Crippen LogP contribution in [-0.2, 0) is 13.2 Å². The van der Waals surface area contributed by atoms with Crippen LogP contribution in [0.15, 0.2) is 42.6 Å². The Morgan fingerprint density at radius 3 is 2.53 bits per heavy atom. The van der Waals surface area contributed by atoms with Gasteiger partial charge < -0.3 is 10.5 Å². The zero-order valence-electron chi connectivity index (χ0n) is 9.27. The summed E-state index contributed by atoms with van der Waals surface area (Å²) in [4.78, 5) is 3.91. The lowest BCUT2D eigenvalue weighted by atomic mass is 10.2. The second kappa shape index (κ2) is 5.66. The third-order valence-electron chi connectivity index (χ3n) is 2.36. The van der Waals surface area contributed by atoms with Gasteiger partial charge >= 0.3 is 0 Å². The van der Waals surface area contributed by atoms with Crippen molar-refractivity contribution in [2.45, 2.75) is 13.2 Å². The molecule has 0 amide bonds. The lowest BCUT2D eigenvalue weighted by Crippen LogP contribution is -1.98. The molecule has 0 unspecified atom stereocenters. The number of hydrogen-bond acceptors (Lipinski definition) is 3. The largest absolute Gasteiger partial charge is 0.489 e. The molecule has 0 aliphatic heterocycles. The second-order valence-electron chi connectivity index (χ2n) is 3.62. The van der Waals surface area contributed by atoms with E-state index in [1.807, 2.05) is 30.3 Å². The van der Waals surface area contributed by atoms with E-state index in [0.717, 1.165) is 16.9 Å². The lowest BCUT2D eigenvalue weighted by molar-refractivity contribution is 0.306. The van der Waals surface area contributed by atoms with Crippen molar-refractivity contribution < 1.29 is 4.74 Å². The molecule has 1 aromatic heterocycles. The summed E-state index contributed by atoms with van der Waals surface area (Å²) in [7, 11) is 0. The first-order valence-corrected chi connectivity index (χ1v) is 5.68. The number of nitrogens with zero attached hydrogens (tertiary/aromatic N) is 1. The summed E-state index contributed by atoms with van der Waals surface area (Å²) in [6.45, 7) is 1.02. The van der Waals surface area contributed by atoms with E-state index in [2.05, 4.69) is 4.98 Å². The molecule has 1 aromatic carbocycles. The van der Waals surface area contributed by atoms with Gasteiger partial charge in [0.05, 0.1) is 0 Å². The molecule has 0 spiro atoms. The molecule has 0 radical (unpaired) electrons. The summed E-state index contributed by atoms with van der Waals surface area (Å²) in [5, 5.41) is 0.476. The van der Waals surface area contributed by atoms with Crippen LogP contribution in [0.25, 0.3) is 0 Å². The Balaban J connectivity index is 1.97. The monoisotopic (exact) mass is 248 g/mol. The van der Waals surface area contributed by atoms with Crippen LogP contribution in [0.2, 0.25) is 5.15 Å². The molecule has 2 aromatic rings. The fourth-order valence-corrected chi connectivity index (χ4v) is 1.62. The van der Waals surface area contributed by atoms with Crippen molar-refractivity contribution in [3.05, 3.63) is 58.9 Å². The first-order valence-electron chi connectivity index (χ1n) is 5.30. The van der Waals surface area contributed by atoms with Crippen LogP contribution in [0.4, 0.5) is 0 Å². The van der Waals surface area contributed by atoms with Gasteiger partial charge in [-0.25, -0.2) is 4.98 Å². The van der Waals surface area contributed by atoms with Gasteiger partial charge in [0, 0.05) is 12.7 Å². The zero-order chi connectivity index (χ0) is 12.1. The van der Waals surface area contributed by atoms with Crippen molar-refractivity contribution in [1.82, 2.24) is 4.98 Å². The van der Waals surface area contributed by atoms with E-state index < -0.39 is 0 Å². The Kier molecular flexibility index (Phi) is 3.96. The average molecular weight is 249 g/mol. The number of nitrogens with two attached hydrogens (primary N) is 1. The Bertz CT molecular complexity index is 485. The van der Waals surface area contributed by atoms with Crippen LogP contribution in [-0.4, -0.2) is 4.98 Å². The van der Waals surface area contributed by atoms with Crippen molar-refractivity contribution in [3.8, 4) is 5.75 Å². The predicted molar refractivity (Wildman–Crippen MR) is 67.9 cm³/mol. The van der Waals surface area contributed by atoms with Crippen molar-refractivity contribution in [1.29, 1.82) is 0 Å². The summed E-state index contributed by atoms with van der Waals surface area (Å²) in [6.07, 6.45) is 1.67. The van der Waals surface area contributed by atoms with Crippen molar-refractivity contribution >= 4 is 11.6 Å². The third kappa shape index (κ3) is 3.44. The highest BCUT2D eigenvalue weighted by molar-refractivity contribution is 6.29. The van der Waals surface area contributed by atoms with Crippen LogP contribution in [0.5, 0.6) is 5.75 Å². The first-order chi connectivity index (χ1) is 8.28. The van der Waals surface area contributed by atoms with Gasteiger partial charge in [-0.15, -0.1) is 0 Å². The maximum absolute atomic E-state index is 5.79. The summed E-state index contributed by atoms with van der Waals surface area (Å²) >= 11 is 5.79. The molecule has 3 nitrogen and oxygen atoms in total. The summed E-state index contributed by atoms with van der Waals surface area (Å²) in [5.74, 6) is 0.815. The van der Waals surface area contributed by atoms with Gasteiger partial charge in [0.1, 0.15) is 17.5 Å². The van der Waals surface area contributed by atoms with Gasteiger partial charge in [-0.05, 0) is 35.4 Å². The van der Waals surface area contributed by atoms with E-state index in [-0.39, 0.29) is 0 Å². The number of halogens is 1. The standard InChI is InChI=1S/C13H13ClN2O/c14-13-7-11(5-6-16-13)9-17-12-3-1-10(8-15)2-4-12/h1-7H,8-9,15H2. The molecule has 4 heteroatoms. The van der Waals surface area contributed by atoms with Crippen molar-refractivity contribution in [3.63, 3.8) is 0 Å². The molecular weight excluding hydrogens is 236 g/mol. The number of ether oxygens (including phenoxy) is 1. The number of hydrogen-bond donors (Lipinski definition) is 1. The van der Waals surface area contributed by atoms with E-state index in [9.17, 15) is 0 Å². The molecule has 2 N–H and O–H groups in total. The minimum Gasteiger partial charge on any atom is -0.489 e. The molecular formula is C13H13ClN2O.